The second-order valence-electron chi connectivity index (χ2n) is 5.76. The molecule has 2 aliphatic rings. The number of hydrogen-bond acceptors (Lipinski definition) is 4. The van der Waals surface area contributed by atoms with E-state index in [1.165, 1.54) is 58.4 Å². The third kappa shape index (κ3) is 6.21. The van der Waals surface area contributed by atoms with Crippen molar-refractivity contribution in [2.45, 2.75) is 38.6 Å². The van der Waals surface area contributed by atoms with E-state index in [1.54, 1.807) is 0 Å². The van der Waals surface area contributed by atoms with Crippen LogP contribution in [0.1, 0.15) is 32.6 Å². The van der Waals surface area contributed by atoms with Gasteiger partial charge in [0.15, 0.2) is 0 Å². The predicted molar refractivity (Wildman–Crippen MR) is 79.6 cm³/mol. The van der Waals surface area contributed by atoms with Crippen LogP contribution in [0, 0.1) is 0 Å². The van der Waals surface area contributed by atoms with Crippen molar-refractivity contribution in [2.75, 3.05) is 59.0 Å². The second kappa shape index (κ2) is 8.90. The Morgan fingerprint density at radius 3 is 2.53 bits per heavy atom. The number of rotatable bonds is 10. The summed E-state index contributed by atoms with van der Waals surface area (Å²) in [5.41, 5.74) is 0. The molecule has 0 aromatic carbocycles. The predicted octanol–water partition coefficient (Wildman–Crippen LogP) is 1.17. The Kier molecular flexibility index (Phi) is 7.14. The molecule has 0 aromatic rings. The molecule has 0 amide bonds. The first kappa shape index (κ1) is 15.2. The van der Waals surface area contributed by atoms with Crippen LogP contribution in [-0.2, 0) is 4.74 Å². The zero-order chi connectivity index (χ0) is 13.3. The van der Waals surface area contributed by atoms with Crippen molar-refractivity contribution in [3.8, 4) is 0 Å². The zero-order valence-corrected chi connectivity index (χ0v) is 12.6. The van der Waals surface area contributed by atoms with Crippen molar-refractivity contribution in [3.05, 3.63) is 0 Å². The number of nitrogens with zero attached hydrogens (tertiary/aromatic N) is 2. The highest BCUT2D eigenvalue weighted by Crippen LogP contribution is 2.27. The molecule has 1 aliphatic carbocycles. The average molecular weight is 269 g/mol. The van der Waals surface area contributed by atoms with Crippen LogP contribution in [0.4, 0.5) is 0 Å². The number of ether oxygens (including phenoxy) is 1. The Hall–Kier alpha value is -0.160. The van der Waals surface area contributed by atoms with Crippen molar-refractivity contribution in [1.29, 1.82) is 0 Å². The molecule has 0 atom stereocenters. The van der Waals surface area contributed by atoms with E-state index < -0.39 is 0 Å². The fourth-order valence-corrected chi connectivity index (χ4v) is 2.75. The van der Waals surface area contributed by atoms with Crippen molar-refractivity contribution in [1.82, 2.24) is 15.1 Å². The van der Waals surface area contributed by atoms with E-state index in [4.69, 9.17) is 4.74 Å². The first-order valence-electron chi connectivity index (χ1n) is 8.15. The van der Waals surface area contributed by atoms with E-state index in [-0.39, 0.29) is 0 Å². The Bertz CT molecular complexity index is 225. The summed E-state index contributed by atoms with van der Waals surface area (Å²) in [6.45, 7) is 12.4. The summed E-state index contributed by atoms with van der Waals surface area (Å²) >= 11 is 0. The van der Waals surface area contributed by atoms with Gasteiger partial charge in [-0.3, -0.25) is 9.80 Å². The molecule has 2 fully saturated rings. The van der Waals surface area contributed by atoms with Gasteiger partial charge in [-0.05, 0) is 39.2 Å². The van der Waals surface area contributed by atoms with Gasteiger partial charge in [0, 0.05) is 58.5 Å². The van der Waals surface area contributed by atoms with Gasteiger partial charge in [0.05, 0.1) is 0 Å². The maximum atomic E-state index is 5.33. The summed E-state index contributed by atoms with van der Waals surface area (Å²) in [5.74, 6) is 0. The largest absolute Gasteiger partial charge is 0.382 e. The molecular formula is C15H31N3O. The molecule has 0 radical (unpaired) electrons. The molecule has 0 unspecified atom stereocenters. The zero-order valence-electron chi connectivity index (χ0n) is 12.6. The fraction of sp³-hybridized carbons (Fsp3) is 1.00. The van der Waals surface area contributed by atoms with E-state index in [0.717, 1.165) is 32.3 Å². The molecule has 0 spiro atoms. The maximum Gasteiger partial charge on any atom is 0.0466 e. The van der Waals surface area contributed by atoms with Gasteiger partial charge in [-0.25, -0.2) is 0 Å². The van der Waals surface area contributed by atoms with Gasteiger partial charge < -0.3 is 10.1 Å². The average Bonchev–Trinajstić information content (AvgIpc) is 3.27. The van der Waals surface area contributed by atoms with E-state index in [1.807, 2.05) is 0 Å². The monoisotopic (exact) mass is 269 g/mol. The topological polar surface area (TPSA) is 27.7 Å². The van der Waals surface area contributed by atoms with E-state index in [2.05, 4.69) is 22.0 Å². The Morgan fingerprint density at radius 1 is 1.05 bits per heavy atom. The summed E-state index contributed by atoms with van der Waals surface area (Å²) in [5, 5.41) is 3.55. The van der Waals surface area contributed by atoms with Crippen molar-refractivity contribution in [3.63, 3.8) is 0 Å². The molecule has 1 N–H and O–H groups in total. The van der Waals surface area contributed by atoms with E-state index in [0.29, 0.717) is 0 Å². The first-order chi connectivity index (χ1) is 9.40. The summed E-state index contributed by atoms with van der Waals surface area (Å²) < 4.78 is 5.33. The number of nitrogens with one attached hydrogen (secondary N) is 1. The lowest BCUT2D eigenvalue weighted by Crippen LogP contribution is -2.48. The van der Waals surface area contributed by atoms with E-state index in [9.17, 15) is 0 Å². The van der Waals surface area contributed by atoms with Crippen LogP contribution in [0.25, 0.3) is 0 Å². The fourth-order valence-electron chi connectivity index (χ4n) is 2.75. The summed E-state index contributed by atoms with van der Waals surface area (Å²) in [7, 11) is 0. The lowest BCUT2D eigenvalue weighted by Gasteiger charge is -2.34. The summed E-state index contributed by atoms with van der Waals surface area (Å²) in [4.78, 5) is 5.28. The highest BCUT2D eigenvalue weighted by atomic mass is 16.5. The molecule has 1 saturated carbocycles. The van der Waals surface area contributed by atoms with Crippen molar-refractivity contribution >= 4 is 0 Å². The highest BCUT2D eigenvalue weighted by molar-refractivity contribution is 4.87. The molecule has 1 heterocycles. The molecule has 1 saturated heterocycles. The third-order valence-corrected chi connectivity index (χ3v) is 4.17. The third-order valence-electron chi connectivity index (χ3n) is 4.17. The molecule has 2 rings (SSSR count). The standard InChI is InChI=1S/C15H31N3O/c1-2-19-14-4-3-7-16-8-9-17-10-12-18(13-11-17)15-5-6-15/h15-16H,2-14H2,1H3. The van der Waals surface area contributed by atoms with E-state index >= 15 is 0 Å². The van der Waals surface area contributed by atoms with Gasteiger partial charge in [0.2, 0.25) is 0 Å². The second-order valence-corrected chi connectivity index (χ2v) is 5.76. The van der Waals surface area contributed by atoms with Crippen LogP contribution in [0.2, 0.25) is 0 Å². The van der Waals surface area contributed by atoms with Gasteiger partial charge in [-0.1, -0.05) is 0 Å². The quantitative estimate of drug-likeness (QED) is 0.603. The molecule has 4 heteroatoms. The van der Waals surface area contributed by atoms with Crippen molar-refractivity contribution < 1.29 is 4.74 Å². The Morgan fingerprint density at radius 2 is 1.84 bits per heavy atom. The molecular weight excluding hydrogens is 238 g/mol. The summed E-state index contributed by atoms with van der Waals surface area (Å²) in [6, 6.07) is 0.950. The van der Waals surface area contributed by atoms with Crippen LogP contribution in [0.3, 0.4) is 0 Å². The molecule has 1 aliphatic heterocycles. The van der Waals surface area contributed by atoms with Gasteiger partial charge in [0.1, 0.15) is 0 Å². The van der Waals surface area contributed by atoms with Gasteiger partial charge in [-0.2, -0.15) is 0 Å². The highest BCUT2D eigenvalue weighted by Gasteiger charge is 2.30. The van der Waals surface area contributed by atoms with Crippen LogP contribution >= 0.6 is 0 Å². The molecule has 112 valence electrons. The smallest absolute Gasteiger partial charge is 0.0466 e. The lowest BCUT2D eigenvalue weighted by molar-refractivity contribution is 0.127. The molecule has 4 nitrogen and oxygen atoms in total. The van der Waals surface area contributed by atoms with Crippen molar-refractivity contribution in [2.24, 2.45) is 0 Å². The minimum atomic E-state index is 0.847. The Balaban J connectivity index is 1.37. The molecule has 19 heavy (non-hydrogen) atoms. The van der Waals surface area contributed by atoms with Gasteiger partial charge in [0.25, 0.3) is 0 Å². The Labute approximate surface area is 118 Å². The molecule has 0 bridgehead atoms. The van der Waals surface area contributed by atoms with Gasteiger partial charge >= 0.3 is 0 Å². The minimum Gasteiger partial charge on any atom is -0.382 e. The number of hydrogen-bond donors (Lipinski definition) is 1. The normalized spacial score (nSPS) is 21.9. The van der Waals surface area contributed by atoms with Crippen LogP contribution < -0.4 is 5.32 Å². The summed E-state index contributed by atoms with van der Waals surface area (Å²) in [6.07, 6.45) is 5.31. The lowest BCUT2D eigenvalue weighted by atomic mass is 10.3. The van der Waals surface area contributed by atoms with Crippen LogP contribution in [0.15, 0.2) is 0 Å². The first-order valence-corrected chi connectivity index (χ1v) is 8.15. The van der Waals surface area contributed by atoms with Crippen LogP contribution in [-0.4, -0.2) is 74.9 Å². The van der Waals surface area contributed by atoms with Gasteiger partial charge in [-0.15, -0.1) is 0 Å². The minimum absolute atomic E-state index is 0.847. The molecule has 0 aromatic heterocycles. The SMILES string of the molecule is CCOCCCCNCCN1CCN(C2CC2)CC1. The number of piperazine rings is 1. The van der Waals surface area contributed by atoms with Crippen LogP contribution in [0.5, 0.6) is 0 Å². The maximum absolute atomic E-state index is 5.33. The number of unbranched alkanes of at least 4 members (excludes halogenated alkanes) is 1.